The van der Waals surface area contributed by atoms with E-state index >= 15 is 0 Å². The minimum absolute atomic E-state index is 0.361. The highest BCUT2D eigenvalue weighted by Crippen LogP contribution is 2.26. The lowest BCUT2D eigenvalue weighted by molar-refractivity contribution is 0.415. The summed E-state index contributed by atoms with van der Waals surface area (Å²) in [6.45, 7) is 4.03. The average molecular weight is 368 g/mol. The van der Waals surface area contributed by atoms with Crippen LogP contribution in [0.3, 0.4) is 0 Å². The summed E-state index contributed by atoms with van der Waals surface area (Å²) in [7, 11) is 1.61. The van der Waals surface area contributed by atoms with Gasteiger partial charge in [-0.05, 0) is 54.8 Å². The number of benzene rings is 2. The molecule has 6 heteroatoms. The highest BCUT2D eigenvalue weighted by molar-refractivity contribution is 8.13. The van der Waals surface area contributed by atoms with Crippen LogP contribution in [0.15, 0.2) is 56.7 Å². The lowest BCUT2D eigenvalue weighted by Gasteiger charge is -2.08. The predicted octanol–water partition coefficient (Wildman–Crippen LogP) is 4.30. The normalized spacial score (nSPS) is 11.7. The highest BCUT2D eigenvalue weighted by Gasteiger charge is 2.09. The number of methoxy groups -OCH3 is 1. The lowest BCUT2D eigenvalue weighted by Crippen LogP contribution is -2.07. The van der Waals surface area contributed by atoms with Crippen molar-refractivity contribution in [3.8, 4) is 5.75 Å². The van der Waals surface area contributed by atoms with Crippen LogP contribution in [0.2, 0.25) is 0 Å². The number of amidine groups is 1. The number of nitrogens with two attached hydrogens (primary N) is 1. The maximum Gasteiger partial charge on any atom is 0.336 e. The van der Waals surface area contributed by atoms with Gasteiger partial charge in [-0.1, -0.05) is 17.8 Å². The Bertz CT molecular complexity index is 1040. The molecule has 0 unspecified atom stereocenters. The fraction of sp³-hybridized carbons (Fsp3) is 0.200. The Morgan fingerprint density at radius 1 is 1.19 bits per heavy atom. The van der Waals surface area contributed by atoms with Gasteiger partial charge in [-0.15, -0.1) is 0 Å². The Balaban J connectivity index is 1.86. The first-order valence-electron chi connectivity index (χ1n) is 8.11. The second kappa shape index (κ2) is 7.66. The molecule has 3 aromatic rings. The van der Waals surface area contributed by atoms with Crippen LogP contribution in [0, 0.1) is 13.8 Å². The Labute approximate surface area is 155 Å². The third kappa shape index (κ3) is 4.08. The van der Waals surface area contributed by atoms with Gasteiger partial charge in [0.05, 0.1) is 12.8 Å². The van der Waals surface area contributed by atoms with Crippen LogP contribution in [-0.4, -0.2) is 12.3 Å². The molecule has 2 N–H and O–H groups in total. The van der Waals surface area contributed by atoms with Crippen molar-refractivity contribution in [3.63, 3.8) is 0 Å². The molecule has 1 heterocycles. The summed E-state index contributed by atoms with van der Waals surface area (Å²) in [5.41, 5.74) is 10.1. The van der Waals surface area contributed by atoms with Crippen LogP contribution in [0.1, 0.15) is 16.7 Å². The van der Waals surface area contributed by atoms with E-state index in [0.29, 0.717) is 16.5 Å². The van der Waals surface area contributed by atoms with E-state index in [2.05, 4.69) is 4.99 Å². The van der Waals surface area contributed by atoms with Crippen molar-refractivity contribution >= 4 is 33.6 Å². The number of nitrogens with zero attached hydrogens (tertiary/aromatic N) is 1. The third-order valence-electron chi connectivity index (χ3n) is 4.11. The van der Waals surface area contributed by atoms with Crippen molar-refractivity contribution in [3.05, 3.63) is 69.6 Å². The largest absolute Gasteiger partial charge is 0.497 e. The number of aliphatic imine (C=N–C) groups is 1. The van der Waals surface area contributed by atoms with Crippen LogP contribution in [0.25, 0.3) is 11.0 Å². The lowest BCUT2D eigenvalue weighted by atomic mass is 10.0. The fourth-order valence-electron chi connectivity index (χ4n) is 2.59. The zero-order valence-corrected chi connectivity index (χ0v) is 15.7. The average Bonchev–Trinajstić information content (AvgIpc) is 2.61. The minimum atomic E-state index is -0.361. The van der Waals surface area contributed by atoms with E-state index in [-0.39, 0.29) is 5.63 Å². The summed E-state index contributed by atoms with van der Waals surface area (Å²) in [6, 6.07) is 12.8. The van der Waals surface area contributed by atoms with Crippen molar-refractivity contribution in [2.75, 3.05) is 7.11 Å². The zero-order chi connectivity index (χ0) is 18.7. The maximum absolute atomic E-state index is 11.9. The number of thioether (sulfide) groups is 1. The SMILES string of the molecule is COc1cccc(N=C(N)SCc2cc(=O)oc3cc(C)c(C)cc23)c1. The first kappa shape index (κ1) is 18.1. The van der Waals surface area contributed by atoms with Crippen molar-refractivity contribution in [1.82, 2.24) is 0 Å². The summed E-state index contributed by atoms with van der Waals surface area (Å²) in [5.74, 6) is 1.26. The maximum atomic E-state index is 11.9. The van der Waals surface area contributed by atoms with Gasteiger partial charge in [0.15, 0.2) is 5.17 Å². The summed E-state index contributed by atoms with van der Waals surface area (Å²) in [6.07, 6.45) is 0. The molecule has 1 aromatic heterocycles. The highest BCUT2D eigenvalue weighted by atomic mass is 32.2. The first-order valence-corrected chi connectivity index (χ1v) is 9.10. The summed E-state index contributed by atoms with van der Waals surface area (Å²) in [4.78, 5) is 16.2. The molecule has 0 aliphatic heterocycles. The quantitative estimate of drug-likeness (QED) is 0.422. The number of hydrogen-bond acceptors (Lipinski definition) is 5. The molecule has 26 heavy (non-hydrogen) atoms. The molecule has 0 saturated heterocycles. The van der Waals surface area contributed by atoms with Gasteiger partial charge in [0.2, 0.25) is 0 Å². The number of aryl methyl sites for hydroxylation is 2. The predicted molar refractivity (Wildman–Crippen MR) is 108 cm³/mol. The molecule has 134 valence electrons. The Kier molecular flexibility index (Phi) is 5.32. The van der Waals surface area contributed by atoms with Crippen LogP contribution in [0.5, 0.6) is 5.75 Å². The molecule has 5 nitrogen and oxygen atoms in total. The van der Waals surface area contributed by atoms with E-state index in [0.717, 1.165) is 33.5 Å². The fourth-order valence-corrected chi connectivity index (χ4v) is 3.31. The molecule has 0 amide bonds. The van der Waals surface area contributed by atoms with E-state index in [1.807, 2.05) is 50.2 Å². The van der Waals surface area contributed by atoms with Crippen LogP contribution >= 0.6 is 11.8 Å². The molecule has 0 radical (unpaired) electrons. The zero-order valence-electron chi connectivity index (χ0n) is 14.9. The number of hydrogen-bond donors (Lipinski definition) is 1. The van der Waals surface area contributed by atoms with E-state index < -0.39 is 0 Å². The Morgan fingerprint density at radius 3 is 2.73 bits per heavy atom. The second-order valence-electron chi connectivity index (χ2n) is 5.96. The number of rotatable bonds is 4. The van der Waals surface area contributed by atoms with Gasteiger partial charge in [0.25, 0.3) is 0 Å². The van der Waals surface area contributed by atoms with E-state index in [4.69, 9.17) is 14.9 Å². The van der Waals surface area contributed by atoms with E-state index in [1.165, 1.54) is 17.8 Å². The van der Waals surface area contributed by atoms with Crippen LogP contribution in [-0.2, 0) is 5.75 Å². The topological polar surface area (TPSA) is 77.8 Å². The van der Waals surface area contributed by atoms with Crippen molar-refractivity contribution < 1.29 is 9.15 Å². The number of ether oxygens (including phenoxy) is 1. The minimum Gasteiger partial charge on any atom is -0.497 e. The Morgan fingerprint density at radius 2 is 1.96 bits per heavy atom. The van der Waals surface area contributed by atoms with E-state index in [1.54, 1.807) is 7.11 Å². The van der Waals surface area contributed by atoms with Crippen molar-refractivity contribution in [2.24, 2.45) is 10.7 Å². The third-order valence-corrected chi connectivity index (χ3v) is 4.96. The van der Waals surface area contributed by atoms with Gasteiger partial charge >= 0.3 is 5.63 Å². The number of fused-ring (bicyclic) bond motifs is 1. The molecular formula is C20H20N2O3S. The Hall–Kier alpha value is -2.73. The molecule has 0 spiro atoms. The molecule has 0 atom stereocenters. The molecule has 0 bridgehead atoms. The van der Waals surface area contributed by atoms with Gasteiger partial charge < -0.3 is 14.9 Å². The van der Waals surface area contributed by atoms with Crippen molar-refractivity contribution in [1.29, 1.82) is 0 Å². The van der Waals surface area contributed by atoms with Crippen LogP contribution in [0.4, 0.5) is 5.69 Å². The second-order valence-corrected chi connectivity index (χ2v) is 6.96. The molecule has 0 aliphatic carbocycles. The van der Waals surface area contributed by atoms with Gasteiger partial charge in [0, 0.05) is 23.3 Å². The molecule has 0 fully saturated rings. The first-order chi connectivity index (χ1) is 12.5. The molecule has 2 aromatic carbocycles. The van der Waals surface area contributed by atoms with Gasteiger partial charge in [-0.25, -0.2) is 9.79 Å². The monoisotopic (exact) mass is 368 g/mol. The molecule has 0 aliphatic rings. The summed E-state index contributed by atoms with van der Waals surface area (Å²) in [5, 5.41) is 1.35. The van der Waals surface area contributed by atoms with Crippen molar-refractivity contribution in [2.45, 2.75) is 19.6 Å². The van der Waals surface area contributed by atoms with E-state index in [9.17, 15) is 4.79 Å². The molecule has 0 saturated carbocycles. The smallest absolute Gasteiger partial charge is 0.336 e. The van der Waals surface area contributed by atoms with Crippen LogP contribution < -0.4 is 16.1 Å². The van der Waals surface area contributed by atoms with Gasteiger partial charge in [-0.2, -0.15) is 0 Å². The summed E-state index contributed by atoms with van der Waals surface area (Å²) >= 11 is 1.38. The molecular weight excluding hydrogens is 348 g/mol. The summed E-state index contributed by atoms with van der Waals surface area (Å²) < 4.78 is 10.5. The molecule has 3 rings (SSSR count). The van der Waals surface area contributed by atoms with Gasteiger partial charge in [-0.3, -0.25) is 0 Å². The standard InChI is InChI=1S/C20H20N2O3S/c1-12-7-17-14(9-19(23)25-18(17)8-13(12)2)11-26-20(21)22-15-5-4-6-16(10-15)24-3/h4-10H,11H2,1-3H3,(H2,21,22). The van der Waals surface area contributed by atoms with Gasteiger partial charge in [0.1, 0.15) is 11.3 Å².